The summed E-state index contributed by atoms with van der Waals surface area (Å²) in [5.41, 5.74) is 5.92. The minimum Gasteiger partial charge on any atom is -0.370 e. The largest absolute Gasteiger partial charge is 0.370 e. The average molecular weight is 169 g/mol. The van der Waals surface area contributed by atoms with E-state index in [1.54, 1.807) is 0 Å². The van der Waals surface area contributed by atoms with Crippen molar-refractivity contribution in [3.63, 3.8) is 0 Å². The molecule has 0 spiro atoms. The zero-order chi connectivity index (χ0) is 8.97. The van der Waals surface area contributed by atoms with Crippen LogP contribution in [-0.2, 0) is 4.74 Å². The molecule has 0 aliphatic heterocycles. The first-order valence-corrected chi connectivity index (χ1v) is 4.77. The van der Waals surface area contributed by atoms with Gasteiger partial charge in [0.25, 0.3) is 0 Å². The van der Waals surface area contributed by atoms with Gasteiger partial charge in [-0.15, -0.1) is 6.58 Å². The Kier molecular flexibility index (Phi) is 3.76. The third-order valence-corrected chi connectivity index (χ3v) is 2.48. The van der Waals surface area contributed by atoms with Gasteiger partial charge in [-0.1, -0.05) is 18.9 Å². The van der Waals surface area contributed by atoms with Gasteiger partial charge in [-0.05, 0) is 19.8 Å². The van der Waals surface area contributed by atoms with Crippen molar-refractivity contribution in [2.45, 2.75) is 50.9 Å². The van der Waals surface area contributed by atoms with Gasteiger partial charge in [0.1, 0.15) is 0 Å². The second-order valence-corrected chi connectivity index (χ2v) is 3.56. The molecule has 2 heteroatoms. The summed E-state index contributed by atoms with van der Waals surface area (Å²) >= 11 is 0. The molecule has 1 rings (SSSR count). The molecule has 3 atom stereocenters. The summed E-state index contributed by atoms with van der Waals surface area (Å²) in [6.07, 6.45) is 6.94. The Hall–Kier alpha value is -0.340. The number of hydrogen-bond donors (Lipinski definition) is 1. The van der Waals surface area contributed by atoms with Gasteiger partial charge < -0.3 is 10.5 Å². The van der Waals surface area contributed by atoms with Gasteiger partial charge in [-0.25, -0.2) is 0 Å². The quantitative estimate of drug-likeness (QED) is 0.654. The molecule has 1 saturated carbocycles. The van der Waals surface area contributed by atoms with Crippen LogP contribution in [-0.4, -0.2) is 18.2 Å². The van der Waals surface area contributed by atoms with E-state index in [0.29, 0.717) is 0 Å². The van der Waals surface area contributed by atoms with Gasteiger partial charge in [0.15, 0.2) is 0 Å². The van der Waals surface area contributed by atoms with E-state index in [2.05, 4.69) is 6.58 Å². The highest BCUT2D eigenvalue weighted by atomic mass is 16.5. The molecule has 0 heterocycles. The number of rotatable bonds is 3. The maximum absolute atomic E-state index is 5.92. The van der Waals surface area contributed by atoms with Crippen LogP contribution in [0.3, 0.4) is 0 Å². The van der Waals surface area contributed by atoms with Crippen molar-refractivity contribution >= 4 is 0 Å². The Labute approximate surface area is 74.8 Å². The number of ether oxygens (including phenoxy) is 1. The molecule has 0 bridgehead atoms. The second-order valence-electron chi connectivity index (χ2n) is 3.56. The molecule has 12 heavy (non-hydrogen) atoms. The van der Waals surface area contributed by atoms with Crippen molar-refractivity contribution in [2.75, 3.05) is 0 Å². The van der Waals surface area contributed by atoms with Crippen LogP contribution in [0.4, 0.5) is 0 Å². The van der Waals surface area contributed by atoms with E-state index in [4.69, 9.17) is 10.5 Å². The number of nitrogens with two attached hydrogens (primary N) is 1. The molecular formula is C10H19NO. The van der Waals surface area contributed by atoms with Crippen molar-refractivity contribution in [3.8, 4) is 0 Å². The van der Waals surface area contributed by atoms with Gasteiger partial charge in [0, 0.05) is 6.04 Å². The first-order valence-electron chi connectivity index (χ1n) is 4.77. The van der Waals surface area contributed by atoms with E-state index < -0.39 is 0 Å². The van der Waals surface area contributed by atoms with Crippen molar-refractivity contribution in [2.24, 2.45) is 5.73 Å². The molecule has 0 amide bonds. The Morgan fingerprint density at radius 2 is 2.17 bits per heavy atom. The fourth-order valence-corrected chi connectivity index (χ4v) is 1.63. The highest BCUT2D eigenvalue weighted by molar-refractivity contribution is 4.83. The molecule has 0 aromatic heterocycles. The van der Waals surface area contributed by atoms with Crippen LogP contribution in [0.1, 0.15) is 32.6 Å². The standard InChI is InChI=1S/C10H19NO/c1-3-8(2)12-10-7-5-4-6-9(10)11/h3,8-10H,1,4-7,11H2,2H3. The van der Waals surface area contributed by atoms with Crippen LogP contribution in [0.15, 0.2) is 12.7 Å². The van der Waals surface area contributed by atoms with Crippen LogP contribution in [0, 0.1) is 0 Å². The van der Waals surface area contributed by atoms with E-state index in [1.165, 1.54) is 12.8 Å². The fourth-order valence-electron chi connectivity index (χ4n) is 1.63. The molecule has 0 saturated heterocycles. The average Bonchev–Trinajstić information content (AvgIpc) is 2.09. The lowest BCUT2D eigenvalue weighted by atomic mass is 9.93. The van der Waals surface area contributed by atoms with Crippen LogP contribution in [0.25, 0.3) is 0 Å². The SMILES string of the molecule is C=CC(C)OC1CCCCC1N. The topological polar surface area (TPSA) is 35.2 Å². The fraction of sp³-hybridized carbons (Fsp3) is 0.800. The summed E-state index contributed by atoms with van der Waals surface area (Å²) in [7, 11) is 0. The van der Waals surface area contributed by atoms with Gasteiger partial charge >= 0.3 is 0 Å². The predicted octanol–water partition coefficient (Wildman–Crippen LogP) is 1.85. The molecule has 0 aromatic carbocycles. The molecular weight excluding hydrogens is 150 g/mol. The summed E-state index contributed by atoms with van der Waals surface area (Å²) in [4.78, 5) is 0. The van der Waals surface area contributed by atoms with E-state index in [1.807, 2.05) is 13.0 Å². The predicted molar refractivity (Wildman–Crippen MR) is 51.0 cm³/mol. The second kappa shape index (κ2) is 4.63. The van der Waals surface area contributed by atoms with Crippen LogP contribution in [0.5, 0.6) is 0 Å². The Morgan fingerprint density at radius 1 is 1.50 bits per heavy atom. The zero-order valence-electron chi connectivity index (χ0n) is 7.83. The summed E-state index contributed by atoms with van der Waals surface area (Å²) < 4.78 is 5.71. The van der Waals surface area contributed by atoms with Crippen molar-refractivity contribution in [3.05, 3.63) is 12.7 Å². The summed E-state index contributed by atoms with van der Waals surface area (Å²) in [6.45, 7) is 5.69. The van der Waals surface area contributed by atoms with E-state index >= 15 is 0 Å². The lowest BCUT2D eigenvalue weighted by molar-refractivity contribution is -0.0103. The lowest BCUT2D eigenvalue weighted by Gasteiger charge is -2.30. The minimum absolute atomic E-state index is 0.138. The van der Waals surface area contributed by atoms with E-state index in [-0.39, 0.29) is 18.2 Å². The maximum Gasteiger partial charge on any atom is 0.0733 e. The Morgan fingerprint density at radius 3 is 2.75 bits per heavy atom. The molecule has 1 aliphatic carbocycles. The third-order valence-electron chi connectivity index (χ3n) is 2.48. The highest BCUT2D eigenvalue weighted by Crippen LogP contribution is 2.20. The van der Waals surface area contributed by atoms with Gasteiger partial charge in [-0.3, -0.25) is 0 Å². The molecule has 70 valence electrons. The molecule has 1 aliphatic rings. The maximum atomic E-state index is 5.92. The first-order chi connectivity index (χ1) is 5.74. The minimum atomic E-state index is 0.138. The molecule has 1 fully saturated rings. The zero-order valence-corrected chi connectivity index (χ0v) is 7.83. The molecule has 2 N–H and O–H groups in total. The van der Waals surface area contributed by atoms with E-state index in [0.717, 1.165) is 12.8 Å². The lowest BCUT2D eigenvalue weighted by Crippen LogP contribution is -2.40. The Balaban J connectivity index is 2.33. The molecule has 0 radical (unpaired) electrons. The smallest absolute Gasteiger partial charge is 0.0733 e. The van der Waals surface area contributed by atoms with Crippen molar-refractivity contribution in [1.29, 1.82) is 0 Å². The van der Waals surface area contributed by atoms with Crippen molar-refractivity contribution in [1.82, 2.24) is 0 Å². The van der Waals surface area contributed by atoms with Gasteiger partial charge in [0.2, 0.25) is 0 Å². The summed E-state index contributed by atoms with van der Waals surface area (Å²) in [6, 6.07) is 0.237. The molecule has 0 aromatic rings. The summed E-state index contributed by atoms with van der Waals surface area (Å²) in [5.74, 6) is 0. The third kappa shape index (κ3) is 2.61. The van der Waals surface area contributed by atoms with Crippen molar-refractivity contribution < 1.29 is 4.74 Å². The Bertz CT molecular complexity index is 147. The summed E-state index contributed by atoms with van der Waals surface area (Å²) in [5, 5.41) is 0. The van der Waals surface area contributed by atoms with Crippen LogP contribution < -0.4 is 5.73 Å². The normalized spacial score (nSPS) is 32.8. The number of hydrogen-bond acceptors (Lipinski definition) is 2. The monoisotopic (exact) mass is 169 g/mol. The highest BCUT2D eigenvalue weighted by Gasteiger charge is 2.23. The molecule has 3 unspecified atom stereocenters. The van der Waals surface area contributed by atoms with Crippen LogP contribution in [0.2, 0.25) is 0 Å². The first kappa shape index (κ1) is 9.75. The van der Waals surface area contributed by atoms with Crippen LogP contribution >= 0.6 is 0 Å². The van der Waals surface area contributed by atoms with Gasteiger partial charge in [0.05, 0.1) is 12.2 Å². The molecule has 2 nitrogen and oxygen atoms in total. The van der Waals surface area contributed by atoms with Gasteiger partial charge in [-0.2, -0.15) is 0 Å². The van der Waals surface area contributed by atoms with E-state index in [9.17, 15) is 0 Å².